The van der Waals surface area contributed by atoms with Crippen molar-refractivity contribution in [3.05, 3.63) is 34.9 Å². The van der Waals surface area contributed by atoms with Crippen molar-refractivity contribution in [3.63, 3.8) is 0 Å². The van der Waals surface area contributed by atoms with Gasteiger partial charge in [0, 0.05) is 10.7 Å². The third kappa shape index (κ3) is 3.79. The van der Waals surface area contributed by atoms with Crippen molar-refractivity contribution in [2.75, 3.05) is 0 Å². The van der Waals surface area contributed by atoms with Gasteiger partial charge < -0.3 is 18.6 Å². The molecule has 3 rings (SSSR count). The van der Waals surface area contributed by atoms with Gasteiger partial charge in [-0.2, -0.15) is 0 Å². The maximum atomic E-state index is 6.43. The number of benzene rings is 1. The molecule has 154 valence electrons. The molecule has 7 heteroatoms. The summed E-state index contributed by atoms with van der Waals surface area (Å²) in [4.78, 5) is 0. The maximum Gasteiger partial charge on any atom is 0.459 e. The fraction of sp³-hybridized carbons (Fsp3) is 0.714. The first-order chi connectivity index (χ1) is 12.7. The summed E-state index contributed by atoms with van der Waals surface area (Å²) in [5, 5.41) is 0.721. The summed E-state index contributed by atoms with van der Waals surface area (Å²) in [6.45, 7) is 18.7. The lowest BCUT2D eigenvalue weighted by atomic mass is 9.46. The zero-order valence-electron chi connectivity index (χ0n) is 18.6. The van der Waals surface area contributed by atoms with E-state index in [4.69, 9.17) is 30.2 Å². The van der Waals surface area contributed by atoms with Gasteiger partial charge in [0.1, 0.15) is 0 Å². The number of hydrogen-bond donors (Lipinski definition) is 0. The number of halogens is 1. The van der Waals surface area contributed by atoms with Gasteiger partial charge in [0.25, 0.3) is 0 Å². The topological polar surface area (TPSA) is 36.9 Å². The van der Waals surface area contributed by atoms with Crippen molar-refractivity contribution < 1.29 is 18.6 Å². The van der Waals surface area contributed by atoms with Crippen LogP contribution in [0, 0.1) is 0 Å². The lowest BCUT2D eigenvalue weighted by Crippen LogP contribution is -2.41. The monoisotopic (exact) mass is 406 g/mol. The average Bonchev–Trinajstić information content (AvgIpc) is 2.87. The van der Waals surface area contributed by atoms with Crippen molar-refractivity contribution in [2.24, 2.45) is 0 Å². The molecule has 0 bridgehead atoms. The van der Waals surface area contributed by atoms with Crippen LogP contribution in [0.4, 0.5) is 0 Å². The lowest BCUT2D eigenvalue weighted by Gasteiger charge is -2.32. The van der Waals surface area contributed by atoms with E-state index in [9.17, 15) is 0 Å². The number of hydrogen-bond acceptors (Lipinski definition) is 4. The molecule has 0 N–H and O–H groups in total. The van der Waals surface area contributed by atoms with E-state index >= 15 is 0 Å². The van der Waals surface area contributed by atoms with Crippen LogP contribution in [-0.2, 0) is 18.6 Å². The minimum absolute atomic E-state index is 0.0849. The van der Waals surface area contributed by atoms with Crippen LogP contribution in [0.5, 0.6) is 0 Å². The third-order valence-corrected chi connectivity index (χ3v) is 7.40. The van der Waals surface area contributed by atoms with Crippen molar-refractivity contribution in [1.82, 2.24) is 0 Å². The lowest BCUT2D eigenvalue weighted by molar-refractivity contribution is 0.00578. The molecule has 0 aromatic heterocycles. The second-order valence-electron chi connectivity index (χ2n) is 10.2. The van der Waals surface area contributed by atoms with Gasteiger partial charge in [0.05, 0.1) is 22.4 Å². The molecule has 0 saturated carbocycles. The summed E-state index contributed by atoms with van der Waals surface area (Å²) in [6.07, 6.45) is 0. The van der Waals surface area contributed by atoms with E-state index in [0.717, 1.165) is 10.6 Å². The standard InChI is InChI=1S/C21H33B2ClO4/c1-14(15-10-12-16(24)13-11-15)17(22-25-18(2,3)19(4,5)26-22)23-27-20(6,7)21(8,9)28-23/h10-14,17H,1-9H3. The molecular formula is C21H33B2ClO4. The van der Waals surface area contributed by atoms with Gasteiger partial charge in [-0.05, 0) is 79.0 Å². The molecule has 2 aliphatic rings. The van der Waals surface area contributed by atoms with Crippen molar-refractivity contribution >= 4 is 25.8 Å². The molecule has 0 radical (unpaired) electrons. The first kappa shape index (κ1) is 22.2. The predicted octanol–water partition coefficient (Wildman–Crippen LogP) is 5.54. The molecule has 1 aromatic carbocycles. The summed E-state index contributed by atoms with van der Waals surface area (Å²) < 4.78 is 25.7. The molecule has 28 heavy (non-hydrogen) atoms. The SMILES string of the molecule is CC(c1ccc(Cl)cc1)C(B1OC(C)(C)C(C)(C)O1)B1OC(C)(C)C(C)(C)O1. The first-order valence-corrected chi connectivity index (χ1v) is 10.5. The largest absolute Gasteiger partial charge is 0.459 e. The summed E-state index contributed by atoms with van der Waals surface area (Å²) >= 11 is 6.10. The van der Waals surface area contributed by atoms with E-state index in [1.807, 2.05) is 12.1 Å². The molecule has 1 unspecified atom stereocenters. The van der Waals surface area contributed by atoms with Gasteiger partial charge in [0.15, 0.2) is 0 Å². The van der Waals surface area contributed by atoms with Crippen LogP contribution in [-0.4, -0.2) is 36.6 Å². The van der Waals surface area contributed by atoms with Crippen LogP contribution in [0.15, 0.2) is 24.3 Å². The zero-order valence-corrected chi connectivity index (χ0v) is 19.4. The van der Waals surface area contributed by atoms with Crippen LogP contribution in [0.1, 0.15) is 73.8 Å². The predicted molar refractivity (Wildman–Crippen MR) is 116 cm³/mol. The molecule has 0 aliphatic carbocycles. The maximum absolute atomic E-state index is 6.43. The molecular weight excluding hydrogens is 373 g/mol. The molecule has 0 spiro atoms. The second-order valence-corrected chi connectivity index (χ2v) is 10.6. The van der Waals surface area contributed by atoms with E-state index in [0.29, 0.717) is 0 Å². The van der Waals surface area contributed by atoms with Crippen LogP contribution in [0.2, 0.25) is 10.7 Å². The first-order valence-electron chi connectivity index (χ1n) is 10.1. The molecule has 2 aliphatic heterocycles. The highest BCUT2D eigenvalue weighted by Crippen LogP contribution is 2.49. The Morgan fingerprint density at radius 2 is 1.00 bits per heavy atom. The van der Waals surface area contributed by atoms with Gasteiger partial charge in [-0.1, -0.05) is 30.7 Å². The smallest absolute Gasteiger partial charge is 0.403 e. The Labute approximate surface area is 175 Å². The Hall–Kier alpha value is -0.520. The molecule has 1 atom stereocenters. The van der Waals surface area contributed by atoms with E-state index in [2.05, 4.69) is 74.4 Å². The van der Waals surface area contributed by atoms with Gasteiger partial charge in [0.2, 0.25) is 0 Å². The summed E-state index contributed by atoms with van der Waals surface area (Å²) in [6, 6.07) is 7.94. The highest BCUT2D eigenvalue weighted by molar-refractivity contribution is 6.68. The van der Waals surface area contributed by atoms with Crippen LogP contribution < -0.4 is 0 Å². The Morgan fingerprint density at radius 3 is 1.32 bits per heavy atom. The minimum atomic E-state index is -0.439. The van der Waals surface area contributed by atoms with Crippen molar-refractivity contribution in [2.45, 2.75) is 96.4 Å². The summed E-state index contributed by atoms with van der Waals surface area (Å²) in [5.41, 5.74) is -0.654. The fourth-order valence-corrected chi connectivity index (χ4v) is 3.81. The quantitative estimate of drug-likeness (QED) is 0.616. The molecule has 0 amide bonds. The zero-order chi connectivity index (χ0) is 21.1. The van der Waals surface area contributed by atoms with Gasteiger partial charge in [-0.25, -0.2) is 0 Å². The van der Waals surface area contributed by atoms with Crippen LogP contribution in [0.25, 0.3) is 0 Å². The van der Waals surface area contributed by atoms with Gasteiger partial charge >= 0.3 is 14.2 Å². The Kier molecular flexibility index (Phi) is 5.56. The van der Waals surface area contributed by atoms with Gasteiger partial charge in [-0.15, -0.1) is 0 Å². The Bertz CT molecular complexity index is 650. The average molecular weight is 407 g/mol. The second kappa shape index (κ2) is 7.02. The van der Waals surface area contributed by atoms with E-state index in [1.54, 1.807) is 0 Å². The van der Waals surface area contributed by atoms with E-state index in [-0.39, 0.29) is 11.6 Å². The third-order valence-electron chi connectivity index (χ3n) is 7.14. The molecule has 4 nitrogen and oxygen atoms in total. The van der Waals surface area contributed by atoms with Gasteiger partial charge in [-0.3, -0.25) is 0 Å². The summed E-state index contributed by atoms with van der Waals surface area (Å²) in [7, 11) is -0.879. The molecule has 2 saturated heterocycles. The van der Waals surface area contributed by atoms with E-state index in [1.165, 1.54) is 0 Å². The fourth-order valence-electron chi connectivity index (χ4n) is 3.68. The highest BCUT2D eigenvalue weighted by Gasteiger charge is 2.63. The number of rotatable bonds is 4. The Balaban J connectivity index is 1.97. The normalized spacial score (nSPS) is 26.1. The molecule has 2 fully saturated rings. The summed E-state index contributed by atoms with van der Waals surface area (Å²) in [5.74, 6) is 0.0849. The van der Waals surface area contributed by atoms with Crippen LogP contribution in [0.3, 0.4) is 0 Å². The minimum Gasteiger partial charge on any atom is -0.403 e. The molecule has 2 heterocycles. The highest BCUT2D eigenvalue weighted by atomic mass is 35.5. The molecule has 1 aromatic rings. The van der Waals surface area contributed by atoms with Crippen LogP contribution >= 0.6 is 11.6 Å². The van der Waals surface area contributed by atoms with Crippen molar-refractivity contribution in [3.8, 4) is 0 Å². The van der Waals surface area contributed by atoms with Crippen molar-refractivity contribution in [1.29, 1.82) is 0 Å². The Morgan fingerprint density at radius 1 is 0.679 bits per heavy atom. The van der Waals surface area contributed by atoms with E-state index < -0.39 is 36.6 Å².